The van der Waals surface area contributed by atoms with Crippen molar-refractivity contribution in [3.8, 4) is 0 Å². The highest BCUT2D eigenvalue weighted by Gasteiger charge is 2.10. The molecule has 0 saturated heterocycles. The van der Waals surface area contributed by atoms with E-state index in [2.05, 4.69) is 113 Å². The van der Waals surface area contributed by atoms with Crippen LogP contribution in [0.15, 0.2) is 97.7 Å². The zero-order valence-electron chi connectivity index (χ0n) is 21.8. The minimum absolute atomic E-state index is 0.532. The molecule has 2 aromatic carbocycles. The van der Waals surface area contributed by atoms with E-state index in [-0.39, 0.29) is 0 Å². The van der Waals surface area contributed by atoms with Gasteiger partial charge in [0.15, 0.2) is 0 Å². The van der Waals surface area contributed by atoms with Gasteiger partial charge in [-0.1, -0.05) is 112 Å². The van der Waals surface area contributed by atoms with E-state index in [0.29, 0.717) is 5.92 Å². The fourth-order valence-electron chi connectivity index (χ4n) is 3.75. The third-order valence-corrected chi connectivity index (χ3v) is 5.83. The molecule has 0 unspecified atom stereocenters. The molecule has 0 nitrogen and oxygen atoms in total. The van der Waals surface area contributed by atoms with Crippen molar-refractivity contribution in [3.63, 3.8) is 0 Å². The summed E-state index contributed by atoms with van der Waals surface area (Å²) >= 11 is 0. The monoisotopic (exact) mass is 440 g/mol. The molecule has 0 amide bonds. The predicted molar refractivity (Wildman–Crippen MR) is 151 cm³/mol. The molecule has 33 heavy (non-hydrogen) atoms. The van der Waals surface area contributed by atoms with Gasteiger partial charge in [-0.05, 0) is 85.8 Å². The van der Waals surface area contributed by atoms with Crippen LogP contribution in [0.5, 0.6) is 0 Å². The second kappa shape index (κ2) is 16.7. The maximum absolute atomic E-state index is 3.92. The Morgan fingerprint density at radius 2 is 1.58 bits per heavy atom. The lowest BCUT2D eigenvalue weighted by Crippen LogP contribution is -2.01. The SMILES string of the molecule is C=CCc1cc(CCC2C=CC=CC=C2)c(C)cc1/C(C)=C\C.CC.CCc1ccccc1. The minimum atomic E-state index is 0.532. The number of allylic oxidation sites excluding steroid dienone is 9. The summed E-state index contributed by atoms with van der Waals surface area (Å²) in [5.41, 5.74) is 8.38. The number of hydrogen-bond acceptors (Lipinski definition) is 0. The molecule has 0 aromatic heterocycles. The highest BCUT2D eigenvalue weighted by atomic mass is 14.1. The van der Waals surface area contributed by atoms with Crippen LogP contribution < -0.4 is 0 Å². The number of aryl methyl sites for hydroxylation is 3. The quantitative estimate of drug-likeness (QED) is 0.376. The first-order chi connectivity index (χ1) is 16.1. The van der Waals surface area contributed by atoms with Gasteiger partial charge in [-0.2, -0.15) is 0 Å². The Bertz CT molecular complexity index is 920. The van der Waals surface area contributed by atoms with Crippen LogP contribution in [-0.2, 0) is 19.3 Å². The second-order valence-corrected chi connectivity index (χ2v) is 8.10. The molecule has 0 spiro atoms. The van der Waals surface area contributed by atoms with Crippen molar-refractivity contribution >= 4 is 5.57 Å². The largest absolute Gasteiger partial charge is 0.103 e. The maximum atomic E-state index is 3.92. The summed E-state index contributed by atoms with van der Waals surface area (Å²) in [5, 5.41) is 0. The van der Waals surface area contributed by atoms with Gasteiger partial charge < -0.3 is 0 Å². The lowest BCUT2D eigenvalue weighted by atomic mass is 9.90. The zero-order valence-corrected chi connectivity index (χ0v) is 21.8. The van der Waals surface area contributed by atoms with Crippen molar-refractivity contribution in [2.75, 3.05) is 0 Å². The summed E-state index contributed by atoms with van der Waals surface area (Å²) < 4.78 is 0. The van der Waals surface area contributed by atoms with Gasteiger partial charge in [-0.3, -0.25) is 0 Å². The smallest absolute Gasteiger partial charge is 0.00441 e. The first-order valence-corrected chi connectivity index (χ1v) is 12.5. The van der Waals surface area contributed by atoms with Gasteiger partial charge in [0.25, 0.3) is 0 Å². The Morgan fingerprint density at radius 1 is 0.939 bits per heavy atom. The lowest BCUT2D eigenvalue weighted by Gasteiger charge is -2.15. The van der Waals surface area contributed by atoms with E-state index in [0.717, 1.165) is 25.7 Å². The van der Waals surface area contributed by atoms with Crippen LogP contribution >= 0.6 is 0 Å². The van der Waals surface area contributed by atoms with Crippen LogP contribution in [-0.4, -0.2) is 0 Å². The van der Waals surface area contributed by atoms with E-state index in [4.69, 9.17) is 0 Å². The zero-order chi connectivity index (χ0) is 24.5. The Labute approximate surface area is 204 Å². The molecule has 1 aliphatic rings. The summed E-state index contributed by atoms with van der Waals surface area (Å²) in [6.45, 7) is 16.6. The Balaban J connectivity index is 0.000000454. The van der Waals surface area contributed by atoms with Gasteiger partial charge in [0.05, 0.1) is 0 Å². The Morgan fingerprint density at radius 3 is 2.09 bits per heavy atom. The van der Waals surface area contributed by atoms with Gasteiger partial charge in [0.1, 0.15) is 0 Å². The first-order valence-electron chi connectivity index (χ1n) is 12.5. The molecule has 0 radical (unpaired) electrons. The summed E-state index contributed by atoms with van der Waals surface area (Å²) in [6, 6.07) is 15.2. The van der Waals surface area contributed by atoms with Crippen LogP contribution in [0.4, 0.5) is 0 Å². The third kappa shape index (κ3) is 10.1. The summed E-state index contributed by atoms with van der Waals surface area (Å²) in [6.07, 6.45) is 21.6. The average molecular weight is 441 g/mol. The average Bonchev–Trinajstić information content (AvgIpc) is 3.15. The molecular weight excluding hydrogens is 396 g/mol. The van der Waals surface area contributed by atoms with Crippen LogP contribution in [0.2, 0.25) is 0 Å². The topological polar surface area (TPSA) is 0 Å². The molecule has 0 atom stereocenters. The molecule has 176 valence electrons. The van der Waals surface area contributed by atoms with E-state index >= 15 is 0 Å². The van der Waals surface area contributed by atoms with E-state index in [1.807, 2.05) is 26.0 Å². The standard InChI is InChI=1S/C23H28.C8H10.C2H6/c1-5-11-22-17-21(19(4)16-23(22)18(3)6-2)15-14-20-12-9-7-8-10-13-20;1-2-8-6-4-3-5-7-8;1-2/h5-10,12-13,16-17,20H,1,11,14-15H2,2-4H3;3-7H,2H2,1H3;1-2H3/b18-6-;;. The molecule has 1 aliphatic carbocycles. The number of rotatable bonds is 7. The first kappa shape index (κ1) is 28.2. The fourth-order valence-corrected chi connectivity index (χ4v) is 3.75. The lowest BCUT2D eigenvalue weighted by molar-refractivity contribution is 0.706. The summed E-state index contributed by atoms with van der Waals surface area (Å²) in [7, 11) is 0. The van der Waals surface area contributed by atoms with Crippen molar-refractivity contribution in [2.24, 2.45) is 5.92 Å². The predicted octanol–water partition coefficient (Wildman–Crippen LogP) is 9.65. The van der Waals surface area contributed by atoms with E-state index < -0.39 is 0 Å². The van der Waals surface area contributed by atoms with Gasteiger partial charge in [0, 0.05) is 0 Å². The highest BCUT2D eigenvalue weighted by Crippen LogP contribution is 2.26. The Kier molecular flexibility index (Phi) is 14.3. The molecule has 2 aromatic rings. The minimum Gasteiger partial charge on any atom is -0.103 e. The normalized spacial score (nSPS) is 12.8. The van der Waals surface area contributed by atoms with Crippen molar-refractivity contribution < 1.29 is 0 Å². The molecule has 0 aliphatic heterocycles. The van der Waals surface area contributed by atoms with Crippen LogP contribution in [0, 0.1) is 12.8 Å². The fraction of sp³-hybridized carbons (Fsp3) is 0.333. The van der Waals surface area contributed by atoms with Crippen molar-refractivity contribution in [2.45, 2.75) is 67.2 Å². The van der Waals surface area contributed by atoms with Gasteiger partial charge in [-0.25, -0.2) is 0 Å². The van der Waals surface area contributed by atoms with Crippen LogP contribution in [0.3, 0.4) is 0 Å². The third-order valence-electron chi connectivity index (χ3n) is 5.83. The van der Waals surface area contributed by atoms with E-state index in [9.17, 15) is 0 Å². The summed E-state index contributed by atoms with van der Waals surface area (Å²) in [5.74, 6) is 0.532. The molecule has 0 heteroatoms. The molecule has 0 N–H and O–H groups in total. The maximum Gasteiger partial charge on any atom is -0.00441 e. The molecule has 0 bridgehead atoms. The number of hydrogen-bond donors (Lipinski definition) is 0. The van der Waals surface area contributed by atoms with Gasteiger partial charge in [0.2, 0.25) is 0 Å². The van der Waals surface area contributed by atoms with Crippen molar-refractivity contribution in [1.82, 2.24) is 0 Å². The van der Waals surface area contributed by atoms with Crippen LogP contribution in [0.1, 0.15) is 68.9 Å². The van der Waals surface area contributed by atoms with Crippen molar-refractivity contribution in [3.05, 3.63) is 125 Å². The Hall–Kier alpha value is -2.86. The molecular formula is C33H44. The van der Waals surface area contributed by atoms with Gasteiger partial charge >= 0.3 is 0 Å². The summed E-state index contributed by atoms with van der Waals surface area (Å²) in [4.78, 5) is 0. The molecule has 0 fully saturated rings. The van der Waals surface area contributed by atoms with E-state index in [1.165, 1.54) is 33.4 Å². The number of benzene rings is 2. The molecule has 0 heterocycles. The van der Waals surface area contributed by atoms with Crippen LogP contribution in [0.25, 0.3) is 5.57 Å². The molecule has 0 saturated carbocycles. The highest BCUT2D eigenvalue weighted by molar-refractivity contribution is 5.68. The second-order valence-electron chi connectivity index (χ2n) is 8.10. The van der Waals surface area contributed by atoms with Gasteiger partial charge in [-0.15, -0.1) is 6.58 Å². The van der Waals surface area contributed by atoms with E-state index in [1.54, 1.807) is 0 Å². The molecule has 3 rings (SSSR count). The van der Waals surface area contributed by atoms with Crippen molar-refractivity contribution in [1.29, 1.82) is 0 Å².